The zero-order valence-electron chi connectivity index (χ0n) is 18.8. The number of ether oxygens (including phenoxy) is 1. The van der Waals surface area contributed by atoms with E-state index in [1.165, 1.54) is 16.9 Å². The Morgan fingerprint density at radius 2 is 1.97 bits per heavy atom. The summed E-state index contributed by atoms with van der Waals surface area (Å²) in [6, 6.07) is 11.0. The second-order valence-corrected chi connectivity index (χ2v) is 9.70. The molecule has 32 heavy (non-hydrogen) atoms. The minimum atomic E-state index is -0.613. The van der Waals surface area contributed by atoms with Gasteiger partial charge in [0.15, 0.2) is 4.80 Å². The summed E-state index contributed by atoms with van der Waals surface area (Å²) in [6.07, 6.45) is 3.26. The van der Waals surface area contributed by atoms with Gasteiger partial charge in [-0.2, -0.15) is 0 Å². The van der Waals surface area contributed by atoms with E-state index in [0.29, 0.717) is 26.4 Å². The van der Waals surface area contributed by atoms with Crippen molar-refractivity contribution in [3.8, 4) is 0 Å². The third kappa shape index (κ3) is 4.00. The number of aromatic nitrogens is 1. The molecular weight excluding hydrogens is 424 g/mol. The molecule has 0 bridgehead atoms. The molecule has 1 unspecified atom stereocenters. The highest BCUT2D eigenvalue weighted by atomic mass is 32.1. The third-order valence-electron chi connectivity index (χ3n) is 5.43. The molecule has 1 aliphatic heterocycles. The smallest absolute Gasteiger partial charge is 0.338 e. The van der Waals surface area contributed by atoms with E-state index in [1.54, 1.807) is 42.9 Å². The lowest BCUT2D eigenvalue weighted by molar-refractivity contribution is -0.139. The fourth-order valence-electron chi connectivity index (χ4n) is 3.77. The number of thiazole rings is 1. The molecule has 0 spiro atoms. The Kier molecular flexibility index (Phi) is 5.77. The van der Waals surface area contributed by atoms with Crippen molar-refractivity contribution in [2.45, 2.75) is 46.1 Å². The number of carbonyl (C=O) groups excluding carboxylic acids is 1. The molecule has 6 nitrogen and oxygen atoms in total. The summed E-state index contributed by atoms with van der Waals surface area (Å²) in [5, 5.41) is 0. The summed E-state index contributed by atoms with van der Waals surface area (Å²) in [6.45, 7) is 10.2. The Morgan fingerprint density at radius 1 is 1.25 bits per heavy atom. The second kappa shape index (κ2) is 8.39. The van der Waals surface area contributed by atoms with E-state index in [0.717, 1.165) is 5.56 Å². The molecule has 1 aromatic carbocycles. The van der Waals surface area contributed by atoms with E-state index < -0.39 is 12.0 Å². The first-order valence-electron chi connectivity index (χ1n) is 10.5. The minimum Gasteiger partial charge on any atom is -0.465 e. The van der Waals surface area contributed by atoms with Crippen LogP contribution in [-0.4, -0.2) is 17.1 Å². The van der Waals surface area contributed by atoms with Gasteiger partial charge in [0.2, 0.25) is 0 Å². The molecule has 0 fully saturated rings. The number of furan rings is 1. The summed E-state index contributed by atoms with van der Waals surface area (Å²) in [4.78, 5) is 31.5. The molecule has 0 radical (unpaired) electrons. The number of fused-ring (bicyclic) bond motifs is 1. The van der Waals surface area contributed by atoms with Crippen LogP contribution in [0.15, 0.2) is 68.1 Å². The Labute approximate surface area is 190 Å². The Hall–Kier alpha value is -3.19. The number of allylic oxidation sites excluding steroid dienone is 1. The topological polar surface area (TPSA) is 73.8 Å². The molecule has 0 amide bonds. The summed E-state index contributed by atoms with van der Waals surface area (Å²) < 4.78 is 12.8. The summed E-state index contributed by atoms with van der Waals surface area (Å²) >= 11 is 1.28. The van der Waals surface area contributed by atoms with Crippen molar-refractivity contribution in [2.75, 3.05) is 6.61 Å². The van der Waals surface area contributed by atoms with Crippen LogP contribution in [0.2, 0.25) is 0 Å². The lowest BCUT2D eigenvalue weighted by Gasteiger charge is -2.26. The van der Waals surface area contributed by atoms with Crippen molar-refractivity contribution in [2.24, 2.45) is 4.99 Å². The lowest BCUT2D eigenvalue weighted by Crippen LogP contribution is -2.40. The van der Waals surface area contributed by atoms with Gasteiger partial charge in [-0.1, -0.05) is 56.4 Å². The fraction of sp³-hybridized carbons (Fsp3) is 0.320. The Morgan fingerprint density at radius 3 is 2.56 bits per heavy atom. The van der Waals surface area contributed by atoms with Crippen LogP contribution in [0.1, 0.15) is 57.5 Å². The van der Waals surface area contributed by atoms with Crippen molar-refractivity contribution < 1.29 is 13.9 Å². The van der Waals surface area contributed by atoms with Gasteiger partial charge in [0.25, 0.3) is 5.56 Å². The summed E-state index contributed by atoms with van der Waals surface area (Å²) in [5.41, 5.74) is 2.72. The van der Waals surface area contributed by atoms with Crippen molar-refractivity contribution in [1.82, 2.24) is 4.57 Å². The molecule has 7 heteroatoms. The molecule has 1 aliphatic rings. The van der Waals surface area contributed by atoms with Gasteiger partial charge in [0.1, 0.15) is 5.76 Å². The maximum Gasteiger partial charge on any atom is 0.338 e. The van der Waals surface area contributed by atoms with Gasteiger partial charge in [-0.05, 0) is 42.5 Å². The highest BCUT2D eigenvalue weighted by Crippen LogP contribution is 2.32. The fourth-order valence-corrected chi connectivity index (χ4v) is 4.80. The SMILES string of the molecule is CCOC(=O)C1=C(C)N=c2s/c(=C\c3ccco3)c(=O)n2C1c1ccc(C(C)(C)C)cc1. The second-order valence-electron chi connectivity index (χ2n) is 8.69. The average molecular weight is 451 g/mol. The van der Waals surface area contributed by atoms with Crippen LogP contribution in [0.5, 0.6) is 0 Å². The van der Waals surface area contributed by atoms with E-state index in [1.807, 2.05) is 24.3 Å². The molecule has 0 aliphatic carbocycles. The predicted octanol–water partition coefficient (Wildman–Crippen LogP) is 3.69. The Bertz CT molecular complexity index is 1350. The quantitative estimate of drug-likeness (QED) is 0.569. The van der Waals surface area contributed by atoms with Crippen LogP contribution in [0, 0.1) is 0 Å². The number of nitrogens with zero attached hydrogens (tertiary/aromatic N) is 2. The molecule has 4 rings (SSSR count). The highest BCUT2D eigenvalue weighted by molar-refractivity contribution is 7.07. The van der Waals surface area contributed by atoms with Gasteiger partial charge >= 0.3 is 5.97 Å². The van der Waals surface area contributed by atoms with Gasteiger partial charge in [0.05, 0.1) is 34.7 Å². The summed E-state index contributed by atoms with van der Waals surface area (Å²) in [7, 11) is 0. The van der Waals surface area contributed by atoms with E-state index in [9.17, 15) is 9.59 Å². The van der Waals surface area contributed by atoms with Gasteiger partial charge in [-0.15, -0.1) is 0 Å². The first-order chi connectivity index (χ1) is 15.2. The molecular formula is C25H26N2O4S. The van der Waals surface area contributed by atoms with Gasteiger partial charge in [0, 0.05) is 6.08 Å². The van der Waals surface area contributed by atoms with Crippen LogP contribution in [0.3, 0.4) is 0 Å². The number of carbonyl (C=O) groups is 1. The molecule has 0 N–H and O–H groups in total. The van der Waals surface area contributed by atoms with E-state index in [2.05, 4.69) is 25.8 Å². The van der Waals surface area contributed by atoms with E-state index >= 15 is 0 Å². The zero-order valence-corrected chi connectivity index (χ0v) is 19.7. The molecule has 166 valence electrons. The van der Waals surface area contributed by atoms with Crippen molar-refractivity contribution in [1.29, 1.82) is 0 Å². The monoisotopic (exact) mass is 450 g/mol. The van der Waals surface area contributed by atoms with Crippen LogP contribution in [-0.2, 0) is 14.9 Å². The third-order valence-corrected chi connectivity index (χ3v) is 6.41. The average Bonchev–Trinajstić information content (AvgIpc) is 3.35. The molecule has 2 aromatic heterocycles. The van der Waals surface area contributed by atoms with Gasteiger partial charge < -0.3 is 9.15 Å². The summed E-state index contributed by atoms with van der Waals surface area (Å²) in [5.74, 6) is 0.127. The molecule has 3 aromatic rings. The lowest BCUT2D eigenvalue weighted by atomic mass is 9.85. The first-order valence-corrected chi connectivity index (χ1v) is 11.4. The van der Waals surface area contributed by atoms with Gasteiger partial charge in [-0.3, -0.25) is 9.36 Å². The number of rotatable bonds is 4. The van der Waals surface area contributed by atoms with Crippen LogP contribution in [0.4, 0.5) is 0 Å². The maximum atomic E-state index is 13.4. The number of esters is 1. The number of hydrogen-bond donors (Lipinski definition) is 0. The van der Waals surface area contributed by atoms with Gasteiger partial charge in [-0.25, -0.2) is 9.79 Å². The molecule has 0 saturated carbocycles. The maximum absolute atomic E-state index is 13.4. The molecule has 1 atom stereocenters. The Balaban J connectivity index is 1.94. The molecule has 3 heterocycles. The van der Waals surface area contributed by atoms with Crippen molar-refractivity contribution in [3.63, 3.8) is 0 Å². The normalized spacial score (nSPS) is 16.7. The van der Waals surface area contributed by atoms with Crippen molar-refractivity contribution >= 4 is 23.4 Å². The van der Waals surface area contributed by atoms with E-state index in [4.69, 9.17) is 9.15 Å². The number of hydrogen-bond acceptors (Lipinski definition) is 6. The molecule has 0 saturated heterocycles. The van der Waals surface area contributed by atoms with Crippen molar-refractivity contribution in [3.05, 3.63) is 90.5 Å². The standard InChI is InChI=1S/C25H26N2O4S/c1-6-30-23(29)20-15(2)26-24-27(22(28)19(32-24)14-18-8-7-13-31-18)21(20)16-9-11-17(12-10-16)25(3,4)5/h7-14,21H,6H2,1-5H3/b19-14-. The zero-order chi connectivity index (χ0) is 23.0. The first kappa shape index (κ1) is 22.0. The van der Waals surface area contributed by atoms with E-state index in [-0.39, 0.29) is 17.6 Å². The van der Waals surface area contributed by atoms with Crippen LogP contribution in [0.25, 0.3) is 6.08 Å². The highest BCUT2D eigenvalue weighted by Gasteiger charge is 2.33. The number of benzene rings is 1. The van der Waals surface area contributed by atoms with Crippen LogP contribution < -0.4 is 14.9 Å². The largest absolute Gasteiger partial charge is 0.465 e. The van der Waals surface area contributed by atoms with Crippen LogP contribution >= 0.6 is 11.3 Å². The predicted molar refractivity (Wildman–Crippen MR) is 124 cm³/mol. The minimum absolute atomic E-state index is 0.00823.